The molecule has 6 nitrogen and oxygen atoms in total. The molecule has 0 aliphatic rings. The van der Waals surface area contributed by atoms with Gasteiger partial charge in [0.1, 0.15) is 22.2 Å². The molecule has 0 bridgehead atoms. The Balaban J connectivity index is 1.80. The van der Waals surface area contributed by atoms with Crippen LogP contribution >= 0.6 is 0 Å². The van der Waals surface area contributed by atoms with Gasteiger partial charge in [-0.2, -0.15) is 5.10 Å². The maximum Gasteiger partial charge on any atom is 0.265 e. The van der Waals surface area contributed by atoms with Crippen molar-refractivity contribution in [3.8, 4) is 0 Å². The van der Waals surface area contributed by atoms with Crippen molar-refractivity contribution >= 4 is 27.1 Å². The van der Waals surface area contributed by atoms with Gasteiger partial charge in [-0.05, 0) is 50.2 Å². The highest BCUT2D eigenvalue weighted by Gasteiger charge is 2.22. The number of benzene rings is 2. The zero-order chi connectivity index (χ0) is 18.9. The zero-order valence-electron chi connectivity index (χ0n) is 14.0. The number of hydrogen-bond acceptors (Lipinski definition) is 4. The highest BCUT2D eigenvalue weighted by molar-refractivity contribution is 7.92. The maximum absolute atomic E-state index is 13.7. The van der Waals surface area contributed by atoms with Crippen LogP contribution in [0.1, 0.15) is 11.4 Å². The number of halogens is 2. The summed E-state index contributed by atoms with van der Waals surface area (Å²) in [6.45, 7) is 3.21. The Morgan fingerprint density at radius 1 is 0.962 bits per heavy atom. The number of aromatic amines is 1. The van der Waals surface area contributed by atoms with Crippen molar-refractivity contribution in [2.24, 2.45) is 0 Å². The fraction of sp³-hybridized carbons (Fsp3) is 0.118. The Kier molecular flexibility index (Phi) is 4.64. The molecule has 0 aliphatic heterocycles. The average molecular weight is 378 g/mol. The highest BCUT2D eigenvalue weighted by atomic mass is 32.2. The average Bonchev–Trinajstić information content (AvgIpc) is 2.92. The summed E-state index contributed by atoms with van der Waals surface area (Å²) in [5.74, 6) is -1.44. The van der Waals surface area contributed by atoms with E-state index in [9.17, 15) is 17.2 Å². The Morgan fingerprint density at radius 3 is 2.08 bits per heavy atom. The molecule has 3 rings (SSSR count). The van der Waals surface area contributed by atoms with E-state index in [1.165, 1.54) is 30.3 Å². The Morgan fingerprint density at radius 2 is 1.54 bits per heavy atom. The standard InChI is InChI=1S/C17H16F2N4O2S/c1-10-17(11(2)22-21-10)26(24,25)23-13-8-6-12(7-9-13)20-16-14(18)4-3-5-15(16)19/h3-9,20,23H,1-2H3,(H,21,22). The smallest absolute Gasteiger partial charge is 0.265 e. The van der Waals surface area contributed by atoms with Crippen molar-refractivity contribution in [3.63, 3.8) is 0 Å². The van der Waals surface area contributed by atoms with Crippen LogP contribution in [0, 0.1) is 25.5 Å². The van der Waals surface area contributed by atoms with Gasteiger partial charge in [0.05, 0.1) is 11.4 Å². The summed E-state index contributed by atoms with van der Waals surface area (Å²) in [7, 11) is -3.80. The SMILES string of the molecule is Cc1n[nH]c(C)c1S(=O)(=O)Nc1ccc(Nc2c(F)cccc2F)cc1. The van der Waals surface area contributed by atoms with Crippen LogP contribution in [0.3, 0.4) is 0 Å². The van der Waals surface area contributed by atoms with Crippen LogP contribution in [0.5, 0.6) is 0 Å². The van der Waals surface area contributed by atoms with Crippen molar-refractivity contribution in [2.45, 2.75) is 18.7 Å². The number of para-hydroxylation sites is 1. The first-order valence-corrected chi connectivity index (χ1v) is 9.12. The van der Waals surface area contributed by atoms with Crippen molar-refractivity contribution in [1.82, 2.24) is 10.2 Å². The van der Waals surface area contributed by atoms with E-state index in [0.717, 1.165) is 12.1 Å². The largest absolute Gasteiger partial charge is 0.351 e. The molecule has 3 N–H and O–H groups in total. The third kappa shape index (κ3) is 3.52. The third-order valence-corrected chi connectivity index (χ3v) is 5.34. The molecule has 0 fully saturated rings. The van der Waals surface area contributed by atoms with Crippen molar-refractivity contribution in [1.29, 1.82) is 0 Å². The van der Waals surface area contributed by atoms with E-state index in [-0.39, 0.29) is 10.6 Å². The van der Waals surface area contributed by atoms with Crippen molar-refractivity contribution in [3.05, 3.63) is 65.5 Å². The quantitative estimate of drug-likeness (QED) is 0.629. The number of H-pyrrole nitrogens is 1. The Bertz CT molecular complexity index is 1010. The van der Waals surface area contributed by atoms with E-state index in [0.29, 0.717) is 22.8 Å². The summed E-state index contributed by atoms with van der Waals surface area (Å²) in [5.41, 5.74) is 1.24. The molecular formula is C17H16F2N4O2S. The highest BCUT2D eigenvalue weighted by Crippen LogP contribution is 2.25. The summed E-state index contributed by atoms with van der Waals surface area (Å²) in [4.78, 5) is 0.0909. The van der Waals surface area contributed by atoms with Gasteiger partial charge in [-0.25, -0.2) is 17.2 Å². The number of aryl methyl sites for hydroxylation is 2. The number of anilines is 3. The van der Waals surface area contributed by atoms with E-state index in [2.05, 4.69) is 20.2 Å². The molecule has 136 valence electrons. The fourth-order valence-electron chi connectivity index (χ4n) is 2.53. The zero-order valence-corrected chi connectivity index (χ0v) is 14.8. The molecule has 0 saturated heterocycles. The molecule has 0 atom stereocenters. The lowest BCUT2D eigenvalue weighted by Gasteiger charge is -2.11. The van der Waals surface area contributed by atoms with Gasteiger partial charge in [-0.3, -0.25) is 9.82 Å². The lowest BCUT2D eigenvalue weighted by Crippen LogP contribution is -2.14. The number of sulfonamides is 1. The van der Waals surface area contributed by atoms with E-state index in [1.54, 1.807) is 13.8 Å². The molecule has 0 amide bonds. The molecular weight excluding hydrogens is 362 g/mol. The summed E-state index contributed by atoms with van der Waals surface area (Å²) in [5, 5.41) is 9.14. The monoisotopic (exact) mass is 378 g/mol. The first kappa shape index (κ1) is 17.9. The molecule has 0 spiro atoms. The Hall–Kier alpha value is -2.94. The summed E-state index contributed by atoms with van der Waals surface area (Å²) >= 11 is 0. The van der Waals surface area contributed by atoms with Gasteiger partial charge in [0.2, 0.25) is 0 Å². The van der Waals surface area contributed by atoms with Gasteiger partial charge >= 0.3 is 0 Å². The molecule has 0 unspecified atom stereocenters. The summed E-state index contributed by atoms with van der Waals surface area (Å²) < 4.78 is 54.8. The number of nitrogens with zero attached hydrogens (tertiary/aromatic N) is 1. The minimum absolute atomic E-state index is 0.0909. The van der Waals surface area contributed by atoms with Crippen LogP contribution in [0.4, 0.5) is 25.8 Å². The van der Waals surface area contributed by atoms with Gasteiger partial charge < -0.3 is 5.32 Å². The van der Waals surface area contributed by atoms with Gasteiger partial charge in [0.15, 0.2) is 0 Å². The molecule has 1 heterocycles. The topological polar surface area (TPSA) is 86.9 Å². The van der Waals surface area contributed by atoms with Crippen LogP contribution in [0.15, 0.2) is 47.4 Å². The van der Waals surface area contributed by atoms with Gasteiger partial charge in [-0.1, -0.05) is 6.07 Å². The molecule has 2 aromatic carbocycles. The van der Waals surface area contributed by atoms with Crippen molar-refractivity contribution < 1.29 is 17.2 Å². The Labute approximate surface area is 149 Å². The molecule has 1 aromatic heterocycles. The van der Waals surface area contributed by atoms with Gasteiger partial charge in [-0.15, -0.1) is 0 Å². The second-order valence-electron chi connectivity index (χ2n) is 5.67. The van der Waals surface area contributed by atoms with Crippen LogP contribution in [0.25, 0.3) is 0 Å². The molecule has 9 heteroatoms. The number of aromatic nitrogens is 2. The van der Waals surface area contributed by atoms with Gasteiger partial charge in [0, 0.05) is 11.4 Å². The van der Waals surface area contributed by atoms with E-state index in [1.807, 2.05) is 0 Å². The summed E-state index contributed by atoms with van der Waals surface area (Å²) in [6.07, 6.45) is 0. The second-order valence-corrected chi connectivity index (χ2v) is 7.29. The lowest BCUT2D eigenvalue weighted by molar-refractivity contribution is 0.590. The number of nitrogens with one attached hydrogen (secondary N) is 3. The number of rotatable bonds is 5. The minimum atomic E-state index is -3.80. The van der Waals surface area contributed by atoms with E-state index < -0.39 is 21.7 Å². The molecule has 26 heavy (non-hydrogen) atoms. The molecule has 0 radical (unpaired) electrons. The molecule has 0 aliphatic carbocycles. The van der Waals surface area contributed by atoms with Gasteiger partial charge in [0.25, 0.3) is 10.0 Å². The second kappa shape index (κ2) is 6.75. The summed E-state index contributed by atoms with van der Waals surface area (Å²) in [6, 6.07) is 9.56. The molecule has 0 saturated carbocycles. The van der Waals surface area contributed by atoms with Crippen LogP contribution in [0.2, 0.25) is 0 Å². The predicted octanol–water partition coefficient (Wildman–Crippen LogP) is 3.85. The predicted molar refractivity (Wildman–Crippen MR) is 95.0 cm³/mol. The number of hydrogen-bond donors (Lipinski definition) is 3. The normalized spacial score (nSPS) is 11.4. The van der Waals surface area contributed by atoms with E-state index >= 15 is 0 Å². The third-order valence-electron chi connectivity index (χ3n) is 3.70. The van der Waals surface area contributed by atoms with E-state index in [4.69, 9.17) is 0 Å². The fourth-order valence-corrected chi connectivity index (χ4v) is 3.96. The van der Waals surface area contributed by atoms with Crippen LogP contribution in [-0.4, -0.2) is 18.6 Å². The lowest BCUT2D eigenvalue weighted by atomic mass is 10.2. The minimum Gasteiger partial charge on any atom is -0.351 e. The first-order valence-electron chi connectivity index (χ1n) is 7.63. The van der Waals surface area contributed by atoms with Crippen molar-refractivity contribution in [2.75, 3.05) is 10.0 Å². The van der Waals surface area contributed by atoms with Crippen LogP contribution in [-0.2, 0) is 10.0 Å². The maximum atomic E-state index is 13.7. The van der Waals surface area contributed by atoms with Crippen LogP contribution < -0.4 is 10.0 Å². The first-order chi connectivity index (χ1) is 12.3. The molecule has 3 aromatic rings.